The summed E-state index contributed by atoms with van der Waals surface area (Å²) in [5.74, 6) is 1.06. The van der Waals surface area contributed by atoms with Gasteiger partial charge >= 0.3 is 6.01 Å². The summed E-state index contributed by atoms with van der Waals surface area (Å²) in [5.41, 5.74) is 0. The highest BCUT2D eigenvalue weighted by atomic mass is 16.5. The fourth-order valence-corrected chi connectivity index (χ4v) is 1.03. The predicted octanol–water partition coefficient (Wildman–Crippen LogP) is 0.345. The molecule has 0 bridgehead atoms. The van der Waals surface area contributed by atoms with E-state index in [2.05, 4.69) is 35.5 Å². The van der Waals surface area contributed by atoms with Gasteiger partial charge in [0.05, 0.1) is 12.6 Å². The van der Waals surface area contributed by atoms with Crippen LogP contribution in [0.5, 0.6) is 0 Å². The Bertz CT molecular complexity index is 425. The number of aromatic nitrogens is 4. The molecule has 0 radical (unpaired) electrons. The lowest BCUT2D eigenvalue weighted by Crippen LogP contribution is -2.12. The Hall–Kier alpha value is -1.96. The molecule has 2 heterocycles. The number of rotatable bonds is 5. The van der Waals surface area contributed by atoms with E-state index in [-0.39, 0.29) is 6.04 Å². The van der Waals surface area contributed by atoms with Crippen LogP contribution in [0.15, 0.2) is 15.3 Å². The quantitative estimate of drug-likeness (QED) is 0.749. The maximum Gasteiger partial charge on any atom is 0.315 e. The average Bonchev–Trinajstić information content (AvgIpc) is 2.96. The summed E-state index contributed by atoms with van der Waals surface area (Å²) in [6, 6.07) is 0.357. The minimum Gasteiger partial charge on any atom is -0.406 e. The second-order valence-corrected chi connectivity index (χ2v) is 3.16. The third-order valence-corrected chi connectivity index (χ3v) is 2.05. The van der Waals surface area contributed by atoms with Crippen LogP contribution >= 0.6 is 0 Å². The van der Waals surface area contributed by atoms with Gasteiger partial charge in [-0.3, -0.25) is 0 Å². The van der Waals surface area contributed by atoms with Gasteiger partial charge in [0.25, 0.3) is 0 Å². The summed E-state index contributed by atoms with van der Waals surface area (Å²) in [4.78, 5) is 3.85. The molecule has 0 saturated heterocycles. The predicted molar refractivity (Wildman–Crippen MR) is 53.4 cm³/mol. The number of anilines is 1. The SMILES string of the molecule is CNC(C)c1nnc(NCc2ncon2)o1. The van der Waals surface area contributed by atoms with Gasteiger partial charge in [0, 0.05) is 0 Å². The lowest BCUT2D eigenvalue weighted by molar-refractivity contribution is 0.410. The molecule has 0 aromatic carbocycles. The summed E-state index contributed by atoms with van der Waals surface area (Å²) in [7, 11) is 1.82. The molecule has 2 rings (SSSR count). The highest BCUT2D eigenvalue weighted by Gasteiger charge is 2.11. The summed E-state index contributed by atoms with van der Waals surface area (Å²) in [5, 5.41) is 17.2. The molecular weight excluding hydrogens is 212 g/mol. The van der Waals surface area contributed by atoms with Gasteiger partial charge in [-0.25, -0.2) is 0 Å². The van der Waals surface area contributed by atoms with Crippen LogP contribution in [0.3, 0.4) is 0 Å². The number of hydrogen-bond donors (Lipinski definition) is 2. The number of nitrogens with zero attached hydrogens (tertiary/aromatic N) is 4. The van der Waals surface area contributed by atoms with Crippen molar-refractivity contribution in [2.45, 2.75) is 19.5 Å². The molecule has 86 valence electrons. The van der Waals surface area contributed by atoms with Gasteiger partial charge in [-0.1, -0.05) is 10.3 Å². The van der Waals surface area contributed by atoms with Crippen molar-refractivity contribution in [1.82, 2.24) is 25.7 Å². The monoisotopic (exact) mass is 224 g/mol. The molecule has 16 heavy (non-hydrogen) atoms. The van der Waals surface area contributed by atoms with Crippen LogP contribution in [-0.2, 0) is 6.54 Å². The van der Waals surface area contributed by atoms with E-state index in [1.54, 1.807) is 0 Å². The van der Waals surface area contributed by atoms with Crippen molar-refractivity contribution in [3.63, 3.8) is 0 Å². The Balaban J connectivity index is 1.93. The molecule has 0 aliphatic rings. The third kappa shape index (κ3) is 2.34. The van der Waals surface area contributed by atoms with Crippen LogP contribution in [0.4, 0.5) is 6.01 Å². The maximum atomic E-state index is 5.35. The molecule has 2 aromatic heterocycles. The van der Waals surface area contributed by atoms with Crippen molar-refractivity contribution in [2.24, 2.45) is 0 Å². The highest BCUT2D eigenvalue weighted by molar-refractivity contribution is 5.17. The highest BCUT2D eigenvalue weighted by Crippen LogP contribution is 2.13. The van der Waals surface area contributed by atoms with E-state index >= 15 is 0 Å². The smallest absolute Gasteiger partial charge is 0.315 e. The van der Waals surface area contributed by atoms with Crippen LogP contribution < -0.4 is 10.6 Å². The molecule has 8 heteroatoms. The van der Waals surface area contributed by atoms with Gasteiger partial charge in [0.15, 0.2) is 5.82 Å². The van der Waals surface area contributed by atoms with Crippen molar-refractivity contribution in [2.75, 3.05) is 12.4 Å². The second kappa shape index (κ2) is 4.71. The largest absolute Gasteiger partial charge is 0.406 e. The molecule has 2 aromatic rings. The van der Waals surface area contributed by atoms with Gasteiger partial charge in [-0.05, 0) is 14.0 Å². The first-order chi connectivity index (χ1) is 7.79. The Morgan fingerprint density at radius 1 is 1.44 bits per heavy atom. The summed E-state index contributed by atoms with van der Waals surface area (Å²) in [6.45, 7) is 2.31. The van der Waals surface area contributed by atoms with Crippen molar-refractivity contribution in [3.05, 3.63) is 18.1 Å². The van der Waals surface area contributed by atoms with E-state index in [4.69, 9.17) is 4.42 Å². The standard InChI is InChI=1S/C8H12N6O2/c1-5(9-2)7-12-13-8(16-7)10-3-6-11-4-15-14-6/h4-5,9H,3H2,1-2H3,(H,10,13). The van der Waals surface area contributed by atoms with E-state index in [1.807, 2.05) is 14.0 Å². The van der Waals surface area contributed by atoms with Crippen LogP contribution in [0, 0.1) is 0 Å². The van der Waals surface area contributed by atoms with Gasteiger partial charge < -0.3 is 19.6 Å². The normalized spacial score (nSPS) is 12.6. The Labute approximate surface area is 91.4 Å². The van der Waals surface area contributed by atoms with E-state index < -0.39 is 0 Å². The molecular formula is C8H12N6O2. The lowest BCUT2D eigenvalue weighted by Gasteiger charge is -2.02. The third-order valence-electron chi connectivity index (χ3n) is 2.05. The lowest BCUT2D eigenvalue weighted by atomic mass is 10.3. The Morgan fingerprint density at radius 2 is 2.31 bits per heavy atom. The van der Waals surface area contributed by atoms with Gasteiger partial charge in [-0.15, -0.1) is 5.10 Å². The van der Waals surface area contributed by atoms with Crippen molar-refractivity contribution in [1.29, 1.82) is 0 Å². The minimum atomic E-state index is 0.0215. The molecule has 1 unspecified atom stereocenters. The number of hydrogen-bond acceptors (Lipinski definition) is 8. The number of nitrogens with one attached hydrogen (secondary N) is 2. The Morgan fingerprint density at radius 3 is 3.00 bits per heavy atom. The molecule has 2 N–H and O–H groups in total. The molecule has 0 spiro atoms. The fraction of sp³-hybridized carbons (Fsp3) is 0.500. The van der Waals surface area contributed by atoms with Crippen molar-refractivity contribution >= 4 is 6.01 Å². The molecule has 0 amide bonds. The first-order valence-electron chi connectivity index (χ1n) is 4.79. The average molecular weight is 224 g/mol. The van der Waals surface area contributed by atoms with Crippen LogP contribution in [0.2, 0.25) is 0 Å². The zero-order chi connectivity index (χ0) is 11.4. The van der Waals surface area contributed by atoms with Gasteiger partial charge in [-0.2, -0.15) is 4.98 Å². The maximum absolute atomic E-state index is 5.35. The zero-order valence-corrected chi connectivity index (χ0v) is 8.97. The molecule has 0 saturated carbocycles. The van der Waals surface area contributed by atoms with Crippen LogP contribution in [0.25, 0.3) is 0 Å². The molecule has 0 fully saturated rings. The fourth-order valence-electron chi connectivity index (χ4n) is 1.03. The molecule has 1 atom stereocenters. The first-order valence-corrected chi connectivity index (χ1v) is 4.79. The van der Waals surface area contributed by atoms with Crippen molar-refractivity contribution < 1.29 is 8.94 Å². The van der Waals surface area contributed by atoms with E-state index in [0.29, 0.717) is 24.3 Å². The van der Waals surface area contributed by atoms with E-state index in [9.17, 15) is 0 Å². The first kappa shape index (κ1) is 10.6. The Kier molecular flexibility index (Phi) is 3.10. The minimum absolute atomic E-state index is 0.0215. The van der Waals surface area contributed by atoms with Crippen LogP contribution in [0.1, 0.15) is 24.7 Å². The molecule has 0 aliphatic heterocycles. The van der Waals surface area contributed by atoms with E-state index in [1.165, 1.54) is 6.39 Å². The molecule has 0 aliphatic carbocycles. The van der Waals surface area contributed by atoms with E-state index in [0.717, 1.165) is 0 Å². The van der Waals surface area contributed by atoms with Gasteiger partial charge in [0.1, 0.15) is 0 Å². The van der Waals surface area contributed by atoms with Gasteiger partial charge in [0.2, 0.25) is 12.3 Å². The zero-order valence-electron chi connectivity index (χ0n) is 8.97. The summed E-state index contributed by atoms with van der Waals surface area (Å²) >= 11 is 0. The van der Waals surface area contributed by atoms with Crippen LogP contribution in [-0.4, -0.2) is 27.4 Å². The van der Waals surface area contributed by atoms with Crippen molar-refractivity contribution in [3.8, 4) is 0 Å². The topological polar surface area (TPSA) is 102 Å². The second-order valence-electron chi connectivity index (χ2n) is 3.16. The summed E-state index contributed by atoms with van der Waals surface area (Å²) < 4.78 is 9.94. The summed E-state index contributed by atoms with van der Waals surface area (Å²) in [6.07, 6.45) is 1.26. The molecule has 8 nitrogen and oxygen atoms in total.